The summed E-state index contributed by atoms with van der Waals surface area (Å²) in [4.78, 5) is 21.2. The summed E-state index contributed by atoms with van der Waals surface area (Å²) in [6.45, 7) is 12.1. The summed E-state index contributed by atoms with van der Waals surface area (Å²) in [5, 5.41) is 3.56. The third-order valence-electron chi connectivity index (χ3n) is 6.23. The van der Waals surface area contributed by atoms with E-state index in [1.54, 1.807) is 6.21 Å². The average Bonchev–Trinajstić information content (AvgIpc) is 3.23. The number of pyridine rings is 1. The largest absolute Gasteiger partial charge is 0.381 e. The summed E-state index contributed by atoms with van der Waals surface area (Å²) in [6.07, 6.45) is 10.0. The van der Waals surface area contributed by atoms with E-state index in [0.717, 1.165) is 48.8 Å². The smallest absolute Gasteiger partial charge is 0.151 e. The lowest BCUT2D eigenvalue weighted by Crippen LogP contribution is -2.44. The van der Waals surface area contributed by atoms with Gasteiger partial charge in [0, 0.05) is 44.0 Å². The fourth-order valence-corrected chi connectivity index (χ4v) is 4.26. The van der Waals surface area contributed by atoms with Crippen molar-refractivity contribution in [2.24, 2.45) is 9.98 Å². The number of hydrogen-bond acceptors (Lipinski definition) is 6. The van der Waals surface area contributed by atoms with Crippen molar-refractivity contribution in [2.45, 2.75) is 38.1 Å². The second-order valence-electron chi connectivity index (χ2n) is 8.53. The normalized spacial score (nSPS) is 18.4. The SMILES string of the molecule is C=Nc1[nH]c(C(=C)NC2CCCCC2)cc1/C=N\c1ccc(N2CCN(C)CC2)cn1. The van der Waals surface area contributed by atoms with Crippen LogP contribution in [0.4, 0.5) is 17.3 Å². The number of aliphatic imine (C=N–C) groups is 2. The van der Waals surface area contributed by atoms with Crippen molar-refractivity contribution in [3.8, 4) is 0 Å². The zero-order valence-corrected chi connectivity index (χ0v) is 18.5. The van der Waals surface area contributed by atoms with Gasteiger partial charge < -0.3 is 20.1 Å². The molecule has 0 aromatic carbocycles. The molecule has 7 heteroatoms. The van der Waals surface area contributed by atoms with Gasteiger partial charge in [0.15, 0.2) is 5.82 Å². The Morgan fingerprint density at radius 1 is 1.19 bits per heavy atom. The predicted molar refractivity (Wildman–Crippen MR) is 130 cm³/mol. The van der Waals surface area contributed by atoms with Gasteiger partial charge >= 0.3 is 0 Å². The van der Waals surface area contributed by atoms with Gasteiger partial charge in [-0.05, 0) is 44.8 Å². The first-order chi connectivity index (χ1) is 15.1. The zero-order valence-electron chi connectivity index (χ0n) is 18.5. The van der Waals surface area contributed by atoms with E-state index in [0.29, 0.717) is 17.7 Å². The first kappa shape index (κ1) is 21.3. The van der Waals surface area contributed by atoms with Crippen molar-refractivity contribution in [1.29, 1.82) is 0 Å². The topological polar surface area (TPSA) is 71.9 Å². The number of aromatic amines is 1. The van der Waals surface area contributed by atoms with Crippen molar-refractivity contribution >= 4 is 36.0 Å². The Hall–Kier alpha value is -2.93. The molecule has 2 aromatic rings. The number of rotatable bonds is 7. The maximum Gasteiger partial charge on any atom is 0.151 e. The van der Waals surface area contributed by atoms with Crippen molar-refractivity contribution < 1.29 is 0 Å². The number of likely N-dealkylation sites (N-methyl/N-ethyl adjacent to an activating group) is 1. The van der Waals surface area contributed by atoms with E-state index in [2.05, 4.69) is 61.5 Å². The van der Waals surface area contributed by atoms with Gasteiger partial charge in [-0.25, -0.2) is 15.0 Å². The van der Waals surface area contributed by atoms with Gasteiger partial charge in [0.2, 0.25) is 0 Å². The highest BCUT2D eigenvalue weighted by atomic mass is 15.2. The number of anilines is 1. The number of nitrogens with zero attached hydrogens (tertiary/aromatic N) is 5. The molecule has 0 unspecified atom stereocenters. The van der Waals surface area contributed by atoms with Crippen LogP contribution < -0.4 is 10.2 Å². The molecule has 0 spiro atoms. The molecular formula is C24H33N7. The van der Waals surface area contributed by atoms with Crippen LogP contribution in [-0.2, 0) is 0 Å². The molecule has 7 nitrogen and oxygen atoms in total. The van der Waals surface area contributed by atoms with Crippen LogP contribution >= 0.6 is 0 Å². The minimum absolute atomic E-state index is 0.504. The summed E-state index contributed by atoms with van der Waals surface area (Å²) in [6, 6.07) is 6.58. The van der Waals surface area contributed by atoms with E-state index in [1.165, 1.54) is 32.1 Å². The quantitative estimate of drug-likeness (QED) is 0.662. The lowest BCUT2D eigenvalue weighted by molar-refractivity contribution is 0.313. The van der Waals surface area contributed by atoms with Gasteiger partial charge in [0.1, 0.15) is 5.82 Å². The highest BCUT2D eigenvalue weighted by molar-refractivity contribution is 5.89. The molecule has 2 aromatic heterocycles. The van der Waals surface area contributed by atoms with E-state index >= 15 is 0 Å². The summed E-state index contributed by atoms with van der Waals surface area (Å²) in [5.41, 5.74) is 3.84. The summed E-state index contributed by atoms with van der Waals surface area (Å²) >= 11 is 0. The van der Waals surface area contributed by atoms with Crippen molar-refractivity contribution in [3.05, 3.63) is 42.2 Å². The Kier molecular flexibility index (Phi) is 6.82. The molecule has 2 fully saturated rings. The molecular weight excluding hydrogens is 386 g/mol. The zero-order chi connectivity index (χ0) is 21.6. The molecule has 0 radical (unpaired) electrons. The molecule has 2 N–H and O–H groups in total. The Morgan fingerprint density at radius 3 is 2.65 bits per heavy atom. The van der Waals surface area contributed by atoms with E-state index in [9.17, 15) is 0 Å². The molecule has 164 valence electrons. The molecule has 1 saturated heterocycles. The molecule has 4 rings (SSSR count). The van der Waals surface area contributed by atoms with Crippen molar-refractivity contribution in [1.82, 2.24) is 20.2 Å². The van der Waals surface area contributed by atoms with E-state index in [-0.39, 0.29) is 0 Å². The standard InChI is InChI=1S/C24H33N7/c1-18(28-20-7-5-4-6-8-20)22-15-19(24(25-2)29-22)16-26-23-10-9-21(17-27-23)31-13-11-30(3)12-14-31/h9-10,15-17,20,28-29H,1-2,4-8,11-14H2,3H3/b26-16-. The fraction of sp³-hybridized carbons (Fsp3) is 0.458. The minimum Gasteiger partial charge on any atom is -0.381 e. The van der Waals surface area contributed by atoms with Crippen molar-refractivity contribution in [2.75, 3.05) is 38.1 Å². The molecule has 2 aliphatic rings. The van der Waals surface area contributed by atoms with Crippen LogP contribution in [0, 0.1) is 0 Å². The molecule has 31 heavy (non-hydrogen) atoms. The molecule has 1 saturated carbocycles. The number of nitrogens with one attached hydrogen (secondary N) is 2. The second-order valence-corrected chi connectivity index (χ2v) is 8.53. The third kappa shape index (κ3) is 5.41. The molecule has 0 atom stereocenters. The van der Waals surface area contributed by atoms with Crippen LogP contribution in [0.15, 0.2) is 41.0 Å². The lowest BCUT2D eigenvalue weighted by atomic mass is 9.95. The number of piperazine rings is 1. The monoisotopic (exact) mass is 419 g/mol. The average molecular weight is 420 g/mol. The Balaban J connectivity index is 1.41. The molecule has 0 bridgehead atoms. The Bertz CT molecular complexity index is 914. The summed E-state index contributed by atoms with van der Waals surface area (Å²) in [5.74, 6) is 1.37. The summed E-state index contributed by atoms with van der Waals surface area (Å²) < 4.78 is 0. The van der Waals surface area contributed by atoms with Gasteiger partial charge in [-0.2, -0.15) is 0 Å². The Morgan fingerprint density at radius 2 is 1.97 bits per heavy atom. The van der Waals surface area contributed by atoms with Gasteiger partial charge in [0.05, 0.1) is 23.3 Å². The van der Waals surface area contributed by atoms with Crippen LogP contribution in [0.5, 0.6) is 0 Å². The first-order valence-electron chi connectivity index (χ1n) is 11.2. The van der Waals surface area contributed by atoms with Crippen LogP contribution in [0.3, 0.4) is 0 Å². The van der Waals surface area contributed by atoms with E-state index in [1.807, 2.05) is 18.3 Å². The van der Waals surface area contributed by atoms with Crippen LogP contribution in [0.2, 0.25) is 0 Å². The van der Waals surface area contributed by atoms with Crippen LogP contribution in [0.25, 0.3) is 5.70 Å². The van der Waals surface area contributed by atoms with Gasteiger partial charge in [-0.15, -0.1) is 0 Å². The highest BCUT2D eigenvalue weighted by Crippen LogP contribution is 2.25. The maximum atomic E-state index is 4.55. The second kappa shape index (κ2) is 9.92. The van der Waals surface area contributed by atoms with Crippen molar-refractivity contribution in [3.63, 3.8) is 0 Å². The van der Waals surface area contributed by atoms with E-state index in [4.69, 9.17) is 0 Å². The molecule has 3 heterocycles. The maximum absolute atomic E-state index is 4.55. The lowest BCUT2D eigenvalue weighted by Gasteiger charge is -2.33. The van der Waals surface area contributed by atoms with Crippen LogP contribution in [0.1, 0.15) is 43.4 Å². The van der Waals surface area contributed by atoms with Crippen LogP contribution in [-0.4, -0.2) is 67.1 Å². The highest BCUT2D eigenvalue weighted by Gasteiger charge is 2.16. The Labute approximate surface area is 185 Å². The van der Waals surface area contributed by atoms with Gasteiger partial charge in [-0.1, -0.05) is 25.8 Å². The van der Waals surface area contributed by atoms with Gasteiger partial charge in [0.25, 0.3) is 0 Å². The minimum atomic E-state index is 0.504. The summed E-state index contributed by atoms with van der Waals surface area (Å²) in [7, 11) is 2.16. The van der Waals surface area contributed by atoms with Gasteiger partial charge in [-0.3, -0.25) is 0 Å². The first-order valence-corrected chi connectivity index (χ1v) is 11.2. The fourth-order valence-electron chi connectivity index (χ4n) is 4.26. The molecule has 1 aliphatic heterocycles. The number of H-pyrrole nitrogens is 1. The molecule has 0 amide bonds. The molecule has 1 aliphatic carbocycles. The predicted octanol–water partition coefficient (Wildman–Crippen LogP) is 4.14. The number of aromatic nitrogens is 2. The number of hydrogen-bond donors (Lipinski definition) is 2. The van der Waals surface area contributed by atoms with E-state index < -0.39 is 0 Å². The third-order valence-corrected chi connectivity index (χ3v) is 6.23.